The summed E-state index contributed by atoms with van der Waals surface area (Å²) >= 11 is 6.55. The van der Waals surface area contributed by atoms with Gasteiger partial charge in [0.2, 0.25) is 0 Å². The van der Waals surface area contributed by atoms with Crippen molar-refractivity contribution in [1.82, 2.24) is 4.90 Å². The van der Waals surface area contributed by atoms with Crippen LogP contribution < -0.4 is 21.5 Å². The molecular weight excluding hydrogens is 502 g/mol. The number of nitrogens with one attached hydrogen (secondary N) is 2. The average Bonchev–Trinajstić information content (AvgIpc) is 3.52. The first-order valence-electron chi connectivity index (χ1n) is 11.9. The summed E-state index contributed by atoms with van der Waals surface area (Å²) in [5.74, 6) is -0.243. The van der Waals surface area contributed by atoms with E-state index in [9.17, 15) is 24.3 Å². The zero-order chi connectivity index (χ0) is 26.5. The van der Waals surface area contributed by atoms with Crippen LogP contribution in [0.2, 0.25) is 5.02 Å². The van der Waals surface area contributed by atoms with E-state index in [1.54, 1.807) is 12.1 Å². The van der Waals surface area contributed by atoms with E-state index >= 15 is 0 Å². The number of carbonyl (C=O) groups is 2. The fourth-order valence-electron chi connectivity index (χ4n) is 4.93. The number of rotatable bonds is 8. The van der Waals surface area contributed by atoms with Gasteiger partial charge >= 0.3 is 5.97 Å². The molecule has 5 rings (SSSR count). The second-order valence-electron chi connectivity index (χ2n) is 9.87. The minimum absolute atomic E-state index is 0.0261. The number of carbonyl (C=O) groups excluding carboxylic acids is 1. The van der Waals surface area contributed by atoms with E-state index in [1.807, 2.05) is 26.0 Å². The summed E-state index contributed by atoms with van der Waals surface area (Å²) in [6.07, 6.45) is 0.951. The van der Waals surface area contributed by atoms with Crippen LogP contribution in [0.5, 0.6) is 0 Å². The Bertz CT molecular complexity index is 1450. The zero-order valence-corrected chi connectivity index (χ0v) is 21.1. The van der Waals surface area contributed by atoms with Crippen LogP contribution in [0.25, 0.3) is 0 Å². The predicted octanol–water partition coefficient (Wildman–Crippen LogP) is 3.46. The number of amides is 1. The van der Waals surface area contributed by atoms with Crippen molar-refractivity contribution in [1.29, 1.82) is 0 Å². The number of anilines is 3. The summed E-state index contributed by atoms with van der Waals surface area (Å²) in [5.41, 5.74) is -1.28. The van der Waals surface area contributed by atoms with Gasteiger partial charge in [0.05, 0.1) is 35.5 Å². The molecule has 0 aliphatic carbocycles. The fraction of sp³-hybridized carbons (Fsp3) is 0.385. The molecule has 0 saturated carbocycles. The van der Waals surface area contributed by atoms with Gasteiger partial charge in [0.15, 0.2) is 0 Å². The van der Waals surface area contributed by atoms with Gasteiger partial charge in [0.25, 0.3) is 16.8 Å². The molecule has 2 unspecified atom stereocenters. The van der Waals surface area contributed by atoms with Crippen molar-refractivity contribution in [3.63, 3.8) is 0 Å². The number of aliphatic carboxylic acids is 1. The molecular formula is C26H26ClN3O7. The summed E-state index contributed by atoms with van der Waals surface area (Å²) in [6, 6.07) is 6.96. The third kappa shape index (κ3) is 4.30. The number of aryl methyl sites for hydroxylation is 1. The van der Waals surface area contributed by atoms with Gasteiger partial charge in [-0.05, 0) is 44.0 Å². The Morgan fingerprint density at radius 3 is 2.51 bits per heavy atom. The van der Waals surface area contributed by atoms with Crippen molar-refractivity contribution in [3.05, 3.63) is 72.9 Å². The number of carboxylic acid groups (broad SMARTS) is 1. The molecule has 11 heteroatoms. The molecule has 1 aromatic heterocycles. The van der Waals surface area contributed by atoms with Crippen molar-refractivity contribution < 1.29 is 23.8 Å². The molecule has 0 bridgehead atoms. The lowest BCUT2D eigenvalue weighted by Gasteiger charge is -2.44. The summed E-state index contributed by atoms with van der Waals surface area (Å²) in [7, 11) is 0. The molecule has 2 saturated heterocycles. The van der Waals surface area contributed by atoms with Crippen LogP contribution >= 0.6 is 11.6 Å². The topological polar surface area (TPSA) is 138 Å². The Balaban J connectivity index is 1.43. The highest BCUT2D eigenvalue weighted by Gasteiger charge is 2.45. The lowest BCUT2D eigenvalue weighted by atomic mass is 9.79. The van der Waals surface area contributed by atoms with E-state index in [0.717, 1.165) is 0 Å². The number of nitrogens with zero attached hydrogens (tertiary/aromatic N) is 1. The Morgan fingerprint density at radius 1 is 1.16 bits per heavy atom. The first-order valence-corrected chi connectivity index (χ1v) is 12.3. The molecule has 2 aromatic carbocycles. The molecule has 2 fully saturated rings. The summed E-state index contributed by atoms with van der Waals surface area (Å²) in [5, 5.41) is 15.6. The Morgan fingerprint density at radius 2 is 1.89 bits per heavy atom. The number of hydrogen-bond donors (Lipinski definition) is 3. The van der Waals surface area contributed by atoms with Crippen molar-refractivity contribution in [2.24, 2.45) is 5.41 Å². The number of likely N-dealkylation sites (tertiary alicyclic amines) is 1. The maximum absolute atomic E-state index is 13.1. The fourth-order valence-corrected chi connectivity index (χ4v) is 5.18. The van der Waals surface area contributed by atoms with Crippen molar-refractivity contribution in [2.75, 3.05) is 30.4 Å². The molecule has 3 N–H and O–H groups in total. The molecule has 37 heavy (non-hydrogen) atoms. The minimum Gasteiger partial charge on any atom is -0.480 e. The molecule has 2 aliphatic heterocycles. The van der Waals surface area contributed by atoms with Gasteiger partial charge in [-0.25, -0.2) is 4.79 Å². The van der Waals surface area contributed by atoms with Gasteiger partial charge < -0.3 is 29.8 Å². The number of halogens is 1. The van der Waals surface area contributed by atoms with E-state index in [-0.39, 0.29) is 33.1 Å². The molecule has 3 heterocycles. The lowest BCUT2D eigenvalue weighted by molar-refractivity contribution is -0.141. The Labute approximate surface area is 216 Å². The molecule has 3 aromatic rings. The normalized spacial score (nSPS) is 19.4. The number of hydrogen-bond acceptors (Lipinski definition) is 8. The zero-order valence-electron chi connectivity index (χ0n) is 20.3. The van der Waals surface area contributed by atoms with Crippen LogP contribution in [0, 0.1) is 12.3 Å². The maximum Gasteiger partial charge on any atom is 0.326 e. The van der Waals surface area contributed by atoms with Gasteiger partial charge in [-0.1, -0.05) is 24.6 Å². The number of carboxylic acids is 1. The second-order valence-corrected chi connectivity index (χ2v) is 10.2. The van der Waals surface area contributed by atoms with Crippen molar-refractivity contribution in [3.8, 4) is 0 Å². The maximum atomic E-state index is 13.1. The van der Waals surface area contributed by atoms with Crippen molar-refractivity contribution in [2.45, 2.75) is 38.8 Å². The number of ether oxygens (including phenoxy) is 1. The minimum atomic E-state index is -1.07. The SMILES string of the molecule is Cc1ccc(C(Nc2c(Nc3cccc(C(=O)N4CCCC4C(=O)O)c3Cl)c(=O)c2=O)C2(C)COC2)o1. The Hall–Kier alpha value is -3.63. The van der Waals surface area contributed by atoms with Gasteiger partial charge in [0, 0.05) is 12.0 Å². The monoisotopic (exact) mass is 527 g/mol. The van der Waals surface area contributed by atoms with Crippen molar-refractivity contribution >= 4 is 40.5 Å². The van der Waals surface area contributed by atoms with Gasteiger partial charge in [0.1, 0.15) is 28.9 Å². The highest BCUT2D eigenvalue weighted by atomic mass is 35.5. The number of benzene rings is 1. The van der Waals surface area contributed by atoms with E-state index in [0.29, 0.717) is 44.1 Å². The molecule has 2 atom stereocenters. The molecule has 10 nitrogen and oxygen atoms in total. The highest BCUT2D eigenvalue weighted by Crippen LogP contribution is 2.43. The average molecular weight is 528 g/mol. The first kappa shape index (κ1) is 25.0. The molecule has 0 radical (unpaired) electrons. The van der Waals surface area contributed by atoms with E-state index in [4.69, 9.17) is 20.8 Å². The standard InChI is InChI=1S/C26H26ClN3O7/c1-13-8-9-17(37-13)23(26(2)11-36-12-26)29-20-19(21(31)22(20)32)28-15-6-3-5-14(18(15)27)24(33)30-10-4-7-16(30)25(34)35/h3,5-6,8-9,16,23,28-29H,4,7,10-12H2,1-2H3,(H,34,35). The summed E-state index contributed by atoms with van der Waals surface area (Å²) in [6.45, 7) is 5.03. The van der Waals surface area contributed by atoms with Crippen LogP contribution in [0.3, 0.4) is 0 Å². The van der Waals surface area contributed by atoms with E-state index < -0.39 is 34.8 Å². The van der Waals surface area contributed by atoms with Crippen LogP contribution in [-0.4, -0.2) is 47.7 Å². The highest BCUT2D eigenvalue weighted by molar-refractivity contribution is 6.36. The van der Waals surface area contributed by atoms with Gasteiger partial charge in [-0.2, -0.15) is 0 Å². The third-order valence-corrected chi connectivity index (χ3v) is 7.50. The summed E-state index contributed by atoms with van der Waals surface area (Å²) in [4.78, 5) is 51.1. The van der Waals surface area contributed by atoms with Crippen LogP contribution in [-0.2, 0) is 9.53 Å². The van der Waals surface area contributed by atoms with E-state index in [2.05, 4.69) is 10.6 Å². The first-order chi connectivity index (χ1) is 17.6. The largest absolute Gasteiger partial charge is 0.480 e. The van der Waals surface area contributed by atoms with Crippen LogP contribution in [0.4, 0.5) is 17.1 Å². The quantitative estimate of drug-likeness (QED) is 0.376. The molecule has 0 spiro atoms. The third-order valence-electron chi connectivity index (χ3n) is 7.09. The summed E-state index contributed by atoms with van der Waals surface area (Å²) < 4.78 is 11.2. The van der Waals surface area contributed by atoms with E-state index in [1.165, 1.54) is 11.0 Å². The molecule has 2 aliphatic rings. The second kappa shape index (κ2) is 9.35. The molecule has 194 valence electrons. The lowest BCUT2D eigenvalue weighted by Crippen LogP contribution is -2.49. The predicted molar refractivity (Wildman–Crippen MR) is 137 cm³/mol. The van der Waals surface area contributed by atoms with Gasteiger partial charge in [-0.3, -0.25) is 14.4 Å². The smallest absolute Gasteiger partial charge is 0.326 e. The van der Waals surface area contributed by atoms with Gasteiger partial charge in [-0.15, -0.1) is 0 Å². The Kier molecular flexibility index (Phi) is 6.33. The number of furan rings is 1. The molecule has 1 amide bonds. The van der Waals surface area contributed by atoms with Crippen LogP contribution in [0.1, 0.15) is 47.7 Å². The van der Waals surface area contributed by atoms with Crippen LogP contribution in [0.15, 0.2) is 44.3 Å².